The predicted octanol–water partition coefficient (Wildman–Crippen LogP) is 5.28. The summed E-state index contributed by atoms with van der Waals surface area (Å²) in [6.45, 7) is -0.0749. The van der Waals surface area contributed by atoms with Gasteiger partial charge in [-0.2, -0.15) is 5.26 Å². The monoisotopic (exact) mass is 461 g/mol. The maximum atomic E-state index is 13.3. The number of hydrogen-bond acceptors (Lipinski definition) is 6. The number of nitriles is 1. The molecule has 1 fully saturated rings. The number of thiazole rings is 1. The second-order valence-corrected chi connectivity index (χ2v) is 9.57. The Balaban J connectivity index is 1.47. The largest absolute Gasteiger partial charge is 0.455 e. The van der Waals surface area contributed by atoms with Gasteiger partial charge in [-0.3, -0.25) is 9.59 Å². The van der Waals surface area contributed by atoms with Crippen LogP contribution in [0.5, 0.6) is 0 Å². The van der Waals surface area contributed by atoms with Gasteiger partial charge >= 0.3 is 5.97 Å². The van der Waals surface area contributed by atoms with Crippen LogP contribution < -0.4 is 4.90 Å². The zero-order valence-corrected chi connectivity index (χ0v) is 19.4. The highest BCUT2D eigenvalue weighted by Gasteiger charge is 2.42. The van der Waals surface area contributed by atoms with E-state index in [4.69, 9.17) is 15.0 Å². The van der Waals surface area contributed by atoms with E-state index < -0.39 is 5.41 Å². The van der Waals surface area contributed by atoms with Crippen LogP contribution in [-0.4, -0.2) is 30.0 Å². The standard InChI is InChI=1S/C26H27N3O3S/c27-16-9-17-29(20-10-3-1-4-11-20)24(30)19-32-25(31)26(14-7-2-8-15-26)18-23-28-21-12-5-6-13-22(21)33-23/h1,3-6,10-13H,2,7-9,14-15,17-19H2. The molecule has 33 heavy (non-hydrogen) atoms. The van der Waals surface area contributed by atoms with E-state index in [2.05, 4.69) is 6.07 Å². The fourth-order valence-corrected chi connectivity index (χ4v) is 5.60. The third-order valence-corrected chi connectivity index (χ3v) is 7.25. The fraction of sp³-hybridized carbons (Fsp3) is 0.385. The first-order valence-electron chi connectivity index (χ1n) is 11.4. The molecule has 0 aliphatic heterocycles. The first-order chi connectivity index (χ1) is 16.1. The lowest BCUT2D eigenvalue weighted by molar-refractivity contribution is -0.160. The van der Waals surface area contributed by atoms with Crippen molar-refractivity contribution in [2.24, 2.45) is 5.41 Å². The van der Waals surface area contributed by atoms with Gasteiger partial charge in [0.1, 0.15) is 0 Å². The van der Waals surface area contributed by atoms with Crippen LogP contribution in [0.15, 0.2) is 54.6 Å². The summed E-state index contributed by atoms with van der Waals surface area (Å²) in [5.41, 5.74) is 0.995. The van der Waals surface area contributed by atoms with E-state index in [-0.39, 0.29) is 31.4 Å². The summed E-state index contributed by atoms with van der Waals surface area (Å²) in [5, 5.41) is 9.91. The van der Waals surface area contributed by atoms with Gasteiger partial charge in [0.25, 0.3) is 5.91 Å². The van der Waals surface area contributed by atoms with Crippen molar-refractivity contribution < 1.29 is 14.3 Å². The van der Waals surface area contributed by atoms with Crippen LogP contribution in [0.2, 0.25) is 0 Å². The minimum atomic E-state index is -0.642. The molecule has 0 spiro atoms. The molecule has 0 saturated heterocycles. The number of para-hydroxylation sites is 2. The van der Waals surface area contributed by atoms with E-state index in [1.165, 1.54) is 4.90 Å². The molecular formula is C26H27N3O3S. The van der Waals surface area contributed by atoms with Gasteiger partial charge in [-0.15, -0.1) is 11.3 Å². The van der Waals surface area contributed by atoms with Crippen LogP contribution in [0.4, 0.5) is 5.69 Å². The topological polar surface area (TPSA) is 83.3 Å². The molecule has 0 bridgehead atoms. The van der Waals surface area contributed by atoms with Gasteiger partial charge in [0.05, 0.1) is 33.1 Å². The number of benzene rings is 2. The maximum absolute atomic E-state index is 13.3. The Bertz CT molecular complexity index is 1110. The van der Waals surface area contributed by atoms with Crippen LogP contribution in [0.1, 0.15) is 43.5 Å². The lowest BCUT2D eigenvalue weighted by Crippen LogP contribution is -2.40. The highest BCUT2D eigenvalue weighted by atomic mass is 32.1. The number of carbonyl (C=O) groups is 2. The Morgan fingerprint density at radius 3 is 2.52 bits per heavy atom. The van der Waals surface area contributed by atoms with Gasteiger partial charge in [0, 0.05) is 18.7 Å². The number of amides is 1. The van der Waals surface area contributed by atoms with Crippen molar-refractivity contribution in [3.8, 4) is 6.07 Å². The van der Waals surface area contributed by atoms with Gasteiger partial charge in [-0.05, 0) is 37.1 Å². The molecule has 3 aromatic rings. The van der Waals surface area contributed by atoms with E-state index in [0.29, 0.717) is 12.1 Å². The maximum Gasteiger partial charge on any atom is 0.313 e. The van der Waals surface area contributed by atoms with Crippen LogP contribution in [0.3, 0.4) is 0 Å². The first-order valence-corrected chi connectivity index (χ1v) is 12.2. The zero-order chi connectivity index (χ0) is 23.1. The second kappa shape index (κ2) is 10.6. The average molecular weight is 462 g/mol. The van der Waals surface area contributed by atoms with Gasteiger partial charge in [-0.1, -0.05) is 49.6 Å². The number of hydrogen-bond donors (Lipinski definition) is 0. The Labute approximate surface area is 197 Å². The van der Waals surface area contributed by atoms with Crippen LogP contribution in [0.25, 0.3) is 10.2 Å². The third kappa shape index (κ3) is 5.40. The SMILES string of the molecule is N#CCCN(C(=O)COC(=O)C1(Cc2nc3ccccc3s2)CCCCC1)c1ccccc1. The average Bonchev–Trinajstić information content (AvgIpc) is 3.26. The summed E-state index contributed by atoms with van der Waals surface area (Å²) in [5.74, 6) is -0.640. The van der Waals surface area contributed by atoms with E-state index >= 15 is 0 Å². The summed E-state index contributed by atoms with van der Waals surface area (Å²) >= 11 is 1.62. The number of ether oxygens (including phenoxy) is 1. The Hall–Kier alpha value is -3.24. The molecule has 2 aromatic carbocycles. The van der Waals surface area contributed by atoms with Crippen LogP contribution in [0, 0.1) is 16.7 Å². The number of esters is 1. The molecule has 4 rings (SSSR count). The molecule has 1 aromatic heterocycles. The number of aromatic nitrogens is 1. The van der Waals surface area contributed by atoms with Crippen LogP contribution >= 0.6 is 11.3 Å². The van der Waals surface area contributed by atoms with Crippen molar-refractivity contribution in [3.05, 3.63) is 59.6 Å². The smallest absolute Gasteiger partial charge is 0.313 e. The van der Waals surface area contributed by atoms with Crippen molar-refractivity contribution in [2.75, 3.05) is 18.1 Å². The highest BCUT2D eigenvalue weighted by molar-refractivity contribution is 7.18. The van der Waals surface area contributed by atoms with Crippen LogP contribution in [-0.2, 0) is 20.7 Å². The predicted molar refractivity (Wildman–Crippen MR) is 129 cm³/mol. The minimum Gasteiger partial charge on any atom is -0.455 e. The van der Waals surface area contributed by atoms with E-state index in [1.54, 1.807) is 11.3 Å². The van der Waals surface area contributed by atoms with E-state index in [1.807, 2.05) is 54.6 Å². The molecule has 0 unspecified atom stereocenters. The van der Waals surface area contributed by atoms with Crippen molar-refractivity contribution in [2.45, 2.75) is 44.9 Å². The van der Waals surface area contributed by atoms with Gasteiger partial charge in [0.15, 0.2) is 6.61 Å². The summed E-state index contributed by atoms with van der Waals surface area (Å²) in [6.07, 6.45) is 5.26. The quantitative estimate of drug-likeness (QED) is 0.426. The first kappa shape index (κ1) is 22.9. The van der Waals surface area contributed by atoms with Gasteiger partial charge < -0.3 is 9.64 Å². The molecular weight excluding hydrogens is 434 g/mol. The van der Waals surface area contributed by atoms with Crippen molar-refractivity contribution in [1.29, 1.82) is 5.26 Å². The van der Waals surface area contributed by atoms with Crippen molar-refractivity contribution >= 4 is 39.1 Å². The summed E-state index contributed by atoms with van der Waals surface area (Å²) in [4.78, 5) is 32.5. The lowest BCUT2D eigenvalue weighted by atomic mass is 9.72. The number of rotatable bonds is 8. The second-order valence-electron chi connectivity index (χ2n) is 8.46. The molecule has 1 aliphatic rings. The molecule has 7 heteroatoms. The van der Waals surface area contributed by atoms with Crippen molar-refractivity contribution in [3.63, 3.8) is 0 Å². The Kier molecular flexibility index (Phi) is 7.36. The number of fused-ring (bicyclic) bond motifs is 1. The van der Waals surface area contributed by atoms with Crippen molar-refractivity contribution in [1.82, 2.24) is 4.98 Å². The Morgan fingerprint density at radius 2 is 1.79 bits per heavy atom. The Morgan fingerprint density at radius 1 is 1.06 bits per heavy atom. The van der Waals surface area contributed by atoms with Gasteiger partial charge in [0.2, 0.25) is 0 Å². The third-order valence-electron chi connectivity index (χ3n) is 6.21. The normalized spacial score (nSPS) is 15.0. The lowest BCUT2D eigenvalue weighted by Gasteiger charge is -2.34. The highest BCUT2D eigenvalue weighted by Crippen LogP contribution is 2.41. The number of carbonyl (C=O) groups excluding carboxylic acids is 2. The fourth-order valence-electron chi connectivity index (χ4n) is 4.49. The number of anilines is 1. The molecule has 170 valence electrons. The molecule has 1 heterocycles. The van der Waals surface area contributed by atoms with E-state index in [0.717, 1.165) is 47.3 Å². The molecule has 1 saturated carbocycles. The molecule has 6 nitrogen and oxygen atoms in total. The molecule has 1 amide bonds. The molecule has 0 radical (unpaired) electrons. The minimum absolute atomic E-state index is 0.204. The van der Waals surface area contributed by atoms with Gasteiger partial charge in [-0.25, -0.2) is 4.98 Å². The van der Waals surface area contributed by atoms with E-state index in [9.17, 15) is 9.59 Å². The molecule has 0 N–H and O–H groups in total. The number of nitrogens with zero attached hydrogens (tertiary/aromatic N) is 3. The summed E-state index contributed by atoms with van der Waals surface area (Å²) in [6, 6.07) is 19.2. The summed E-state index contributed by atoms with van der Waals surface area (Å²) in [7, 11) is 0. The molecule has 1 aliphatic carbocycles. The summed E-state index contributed by atoms with van der Waals surface area (Å²) < 4.78 is 6.75. The zero-order valence-electron chi connectivity index (χ0n) is 18.5. The molecule has 0 atom stereocenters.